The quantitative estimate of drug-likeness (QED) is 0.0559. The van der Waals surface area contributed by atoms with Crippen LogP contribution in [0.25, 0.3) is 78.0 Å². The molecule has 0 radical (unpaired) electrons. The Labute approximate surface area is 779 Å². The predicted octanol–water partition coefficient (Wildman–Crippen LogP) is 32.7. The number of hydrogen-bond donors (Lipinski definition) is 0. The summed E-state index contributed by atoms with van der Waals surface area (Å²) >= 11 is 10.1. The van der Waals surface area contributed by atoms with Crippen molar-refractivity contribution >= 4 is 105 Å². The van der Waals surface area contributed by atoms with Crippen molar-refractivity contribution in [3.8, 4) is 33.4 Å². The van der Waals surface area contributed by atoms with E-state index in [1.54, 1.807) is 0 Å². The van der Waals surface area contributed by atoms with Crippen LogP contribution in [0.2, 0.25) is 0 Å². The minimum atomic E-state index is -0.408. The van der Waals surface area contributed by atoms with Crippen LogP contribution in [-0.2, 0) is 9.31 Å². The monoisotopic (exact) mass is 1840 g/mol. The lowest BCUT2D eigenvalue weighted by Crippen LogP contribution is -2.41. The first-order valence-corrected chi connectivity index (χ1v) is 45.8. The van der Waals surface area contributed by atoms with E-state index >= 15 is 0 Å². The van der Waals surface area contributed by atoms with Crippen LogP contribution in [0.3, 0.4) is 0 Å². The third-order valence-electron chi connectivity index (χ3n) is 23.7. The molecule has 18 aromatic rings. The van der Waals surface area contributed by atoms with Gasteiger partial charge in [0.1, 0.15) is 0 Å². The van der Waals surface area contributed by atoms with E-state index in [1.165, 1.54) is 61.3 Å². The van der Waals surface area contributed by atoms with Gasteiger partial charge in [0.15, 0.2) is 0 Å². The summed E-state index contributed by atoms with van der Waals surface area (Å²) < 4.78 is 16.0. The molecule has 0 bridgehead atoms. The summed E-state index contributed by atoms with van der Waals surface area (Å²) in [6.45, 7) is 8.37. The van der Waals surface area contributed by atoms with E-state index < -0.39 is 7.12 Å². The van der Waals surface area contributed by atoms with Gasteiger partial charge in [0, 0.05) is 13.4 Å². The van der Waals surface area contributed by atoms with Gasteiger partial charge in [-0.1, -0.05) is 491 Å². The van der Waals surface area contributed by atoms with Crippen molar-refractivity contribution in [3.63, 3.8) is 0 Å². The highest BCUT2D eigenvalue weighted by Crippen LogP contribution is 2.46. The molecule has 0 saturated carbocycles. The molecule has 0 spiro atoms. The van der Waals surface area contributed by atoms with Gasteiger partial charge < -0.3 is 9.31 Å². The fourth-order valence-electron chi connectivity index (χ4n) is 16.9. The molecule has 18 aromatic carbocycles. The Morgan fingerprint density at radius 2 is 0.320 bits per heavy atom. The number of hydrogen-bond acceptors (Lipinski definition) is 2. The molecule has 0 N–H and O–H groups in total. The van der Waals surface area contributed by atoms with E-state index in [0.29, 0.717) is 0 Å². The SMILES string of the molecule is Brc1cc(Br)cc(Br)c1.CC1(C)OB(c2cccc(C(=C(c3ccccc3)c3ccccc3)c3ccccc3)c2)OC1(C)C.c1ccc(C(=C(c2ccccc2)c2cccc(-c3cc(-c4cccc(C(=C(c5ccccc5)c5ccccc5)c5ccccc5)c4)cc(-c4cccc(C(=C(c5ccccc5)c5ccccc5)c5ccccc5)c4)c3)c2)c2ccccc2)cc1. The summed E-state index contributed by atoms with van der Waals surface area (Å²) in [6, 6.07) is 179. The fraction of sp³-hybridized carbons (Fsp3) is 0.0492. The molecule has 0 atom stereocenters. The molecule has 1 heterocycles. The summed E-state index contributed by atoms with van der Waals surface area (Å²) in [5, 5.41) is 0. The normalized spacial score (nSPS) is 12.2. The third-order valence-corrected chi connectivity index (χ3v) is 25.0. The Hall–Kier alpha value is -13.7. The highest BCUT2D eigenvalue weighted by Gasteiger charge is 2.52. The zero-order valence-electron chi connectivity index (χ0n) is 71.9. The lowest BCUT2D eigenvalue weighted by molar-refractivity contribution is 0.00578. The minimum absolute atomic E-state index is 0.384. The van der Waals surface area contributed by atoms with Crippen LogP contribution in [-0.4, -0.2) is 18.3 Å². The van der Waals surface area contributed by atoms with Crippen LogP contribution in [0.5, 0.6) is 0 Å². The Bertz CT molecular complexity index is 6220. The third kappa shape index (κ3) is 20.4. The average molecular weight is 1840 g/mol. The Balaban J connectivity index is 0.000000214. The van der Waals surface area contributed by atoms with Crippen LogP contribution in [0, 0.1) is 0 Å². The predicted molar refractivity (Wildman–Crippen MR) is 552 cm³/mol. The van der Waals surface area contributed by atoms with Crippen molar-refractivity contribution in [2.75, 3.05) is 0 Å². The van der Waals surface area contributed by atoms with Crippen molar-refractivity contribution in [1.82, 2.24) is 0 Å². The molecule has 1 fully saturated rings. The molecular weight excluding hydrogens is 1750 g/mol. The standard InChI is InChI=1S/C84H60.C32H31BO2.C6H3Br3/c1-10-31-61(32-11-1)79(62-33-12-2-13-34-62)82(67-43-22-7-23-44-67)73-52-28-49-70(55-73)76-58-77(71-50-29-53-74(56-71)83(68-45-24-8-25-46-68)80(63-35-14-3-15-36-63)64-37-16-4-17-38-64)60-78(59-76)72-51-30-54-75(57-72)84(69-47-26-9-27-48-69)81(65-39-18-5-19-40-65)66-41-20-6-21-42-66;1-31(2)32(3,4)35-33(34-31)28-22-14-21-27(23-28)30(26-19-12-7-13-20-26)29(24-15-8-5-9-16-24)25-17-10-6-11-18-25;7-4-1-5(8)3-6(9)2-4/h1-60H;5-23H,1-4H3;1-3H. The summed E-state index contributed by atoms with van der Waals surface area (Å²) in [6.07, 6.45) is 0. The summed E-state index contributed by atoms with van der Waals surface area (Å²) in [7, 11) is -0.408. The lowest BCUT2D eigenvalue weighted by atomic mass is 9.76. The van der Waals surface area contributed by atoms with Crippen LogP contribution in [0.15, 0.2) is 511 Å². The molecule has 2 nitrogen and oxygen atoms in total. The zero-order valence-corrected chi connectivity index (χ0v) is 76.6. The van der Waals surface area contributed by atoms with Gasteiger partial charge in [-0.2, -0.15) is 0 Å². The Kier molecular flexibility index (Phi) is 27.5. The minimum Gasteiger partial charge on any atom is -0.399 e. The highest BCUT2D eigenvalue weighted by molar-refractivity contribution is 9.11. The number of benzene rings is 18. The van der Waals surface area contributed by atoms with E-state index in [-0.39, 0.29) is 11.2 Å². The number of halogens is 3. The Morgan fingerprint density at radius 1 is 0.164 bits per heavy atom. The summed E-state index contributed by atoms with van der Waals surface area (Å²) in [4.78, 5) is 0. The van der Waals surface area contributed by atoms with Crippen LogP contribution in [0.4, 0.5) is 0 Å². The molecule has 1 aliphatic rings. The highest BCUT2D eigenvalue weighted by atomic mass is 79.9. The van der Waals surface area contributed by atoms with E-state index in [2.05, 4.69) is 555 Å². The van der Waals surface area contributed by atoms with Gasteiger partial charge in [-0.25, -0.2) is 0 Å². The molecule has 0 unspecified atom stereocenters. The average Bonchev–Trinajstić information content (AvgIpc) is 0.956. The van der Waals surface area contributed by atoms with Crippen molar-refractivity contribution in [2.24, 2.45) is 0 Å². The molecule has 618 valence electrons. The maximum Gasteiger partial charge on any atom is 0.494 e. The van der Waals surface area contributed by atoms with Crippen LogP contribution >= 0.6 is 47.8 Å². The molecule has 0 amide bonds. The smallest absolute Gasteiger partial charge is 0.399 e. The molecule has 6 heteroatoms. The molecule has 0 aromatic heterocycles. The van der Waals surface area contributed by atoms with Crippen molar-refractivity contribution < 1.29 is 9.31 Å². The van der Waals surface area contributed by atoms with Gasteiger partial charge in [0.25, 0.3) is 0 Å². The van der Waals surface area contributed by atoms with Gasteiger partial charge in [-0.15, -0.1) is 0 Å². The van der Waals surface area contributed by atoms with Crippen molar-refractivity contribution in [3.05, 3.63) is 600 Å². The second kappa shape index (κ2) is 40.8. The summed E-state index contributed by atoms with van der Waals surface area (Å²) in [5.74, 6) is 0. The molecular formula is C122H94BBr3O2. The molecule has 128 heavy (non-hydrogen) atoms. The maximum absolute atomic E-state index is 6.38. The topological polar surface area (TPSA) is 18.5 Å². The first-order valence-electron chi connectivity index (χ1n) is 43.4. The number of rotatable bonds is 20. The van der Waals surface area contributed by atoms with Gasteiger partial charge in [-0.3, -0.25) is 0 Å². The molecule has 1 saturated heterocycles. The van der Waals surface area contributed by atoms with Gasteiger partial charge in [0.2, 0.25) is 0 Å². The zero-order chi connectivity index (χ0) is 87.6. The second-order valence-corrected chi connectivity index (χ2v) is 35.5. The first-order chi connectivity index (χ1) is 62.7. The first kappa shape index (κ1) is 86.5. The molecule has 1 aliphatic heterocycles. The fourth-order valence-corrected chi connectivity index (χ4v) is 19.3. The second-order valence-electron chi connectivity index (χ2n) is 32.7. The molecule has 19 rings (SSSR count). The van der Waals surface area contributed by atoms with Gasteiger partial charge in [-0.05, 0) is 255 Å². The van der Waals surface area contributed by atoms with Crippen molar-refractivity contribution in [2.45, 2.75) is 38.9 Å². The lowest BCUT2D eigenvalue weighted by Gasteiger charge is -2.32. The Morgan fingerprint density at radius 3 is 0.508 bits per heavy atom. The van der Waals surface area contributed by atoms with E-state index in [4.69, 9.17) is 9.31 Å². The molecule has 0 aliphatic carbocycles. The van der Waals surface area contributed by atoms with Gasteiger partial charge in [0.05, 0.1) is 11.2 Å². The van der Waals surface area contributed by atoms with Crippen LogP contribution < -0.4 is 5.46 Å². The van der Waals surface area contributed by atoms with Crippen molar-refractivity contribution in [1.29, 1.82) is 0 Å². The maximum atomic E-state index is 6.38. The van der Waals surface area contributed by atoms with Gasteiger partial charge >= 0.3 is 7.12 Å². The summed E-state index contributed by atoms with van der Waals surface area (Å²) in [5.41, 5.74) is 34.9. The largest absolute Gasteiger partial charge is 0.494 e. The van der Waals surface area contributed by atoms with E-state index in [9.17, 15) is 0 Å². The van der Waals surface area contributed by atoms with Crippen LogP contribution in [0.1, 0.15) is 117 Å². The van der Waals surface area contributed by atoms with E-state index in [1.807, 2.05) is 18.2 Å². The van der Waals surface area contributed by atoms with E-state index in [0.717, 1.165) is 125 Å².